The maximum absolute atomic E-state index is 13.1. The summed E-state index contributed by atoms with van der Waals surface area (Å²) < 4.78 is 139. The van der Waals surface area contributed by atoms with Crippen LogP contribution in [0.4, 0.5) is 49.1 Å². The highest BCUT2D eigenvalue weighted by Gasteiger charge is 2.35. The molecule has 6 aromatic heterocycles. The summed E-state index contributed by atoms with van der Waals surface area (Å²) in [4.78, 5) is 114. The van der Waals surface area contributed by atoms with Crippen LogP contribution < -0.4 is 20.3 Å². The van der Waals surface area contributed by atoms with Crippen molar-refractivity contribution in [3.05, 3.63) is 282 Å². The summed E-state index contributed by atoms with van der Waals surface area (Å²) in [5.74, 6) is 0.414. The third-order valence-corrected chi connectivity index (χ3v) is 18.7. The van der Waals surface area contributed by atoms with Crippen LogP contribution in [-0.2, 0) is 86.2 Å². The van der Waals surface area contributed by atoms with E-state index in [2.05, 4.69) is 50.2 Å². The molecule has 2 amide bonds. The lowest BCUT2D eigenvalue weighted by Crippen LogP contribution is -2.40. The van der Waals surface area contributed by atoms with Gasteiger partial charge in [0, 0.05) is 112 Å². The summed E-state index contributed by atoms with van der Waals surface area (Å²) in [5, 5.41) is 5.44. The quantitative estimate of drug-likeness (QED) is 0.0616. The second-order valence-corrected chi connectivity index (χ2v) is 29.6. The monoisotopic (exact) mass is 1630 g/mol. The number of ether oxygens (including phenoxy) is 4. The molecule has 0 atom stereocenters. The number of aromatic nitrogens is 9. The highest BCUT2D eigenvalue weighted by molar-refractivity contribution is 6.30. The molecule has 0 bridgehead atoms. The van der Waals surface area contributed by atoms with Crippen molar-refractivity contribution in [2.24, 2.45) is 0 Å². The van der Waals surface area contributed by atoms with Crippen LogP contribution in [0.15, 0.2) is 188 Å². The minimum absolute atomic E-state index is 0.150. The first-order valence-corrected chi connectivity index (χ1v) is 37.0. The zero-order chi connectivity index (χ0) is 83.7. The predicted octanol–water partition coefficient (Wildman–Crippen LogP) is 17.9. The van der Waals surface area contributed by atoms with Gasteiger partial charge in [-0.2, -0.15) is 39.5 Å². The summed E-state index contributed by atoms with van der Waals surface area (Å²) >= 11 is 5.99. The lowest BCUT2D eigenvalue weighted by atomic mass is 9.98. The fourth-order valence-corrected chi connectivity index (χ4v) is 13.2. The zero-order valence-corrected chi connectivity index (χ0v) is 64.4. The molecular formula is C85H74ClF9N12O10. The van der Waals surface area contributed by atoms with Crippen molar-refractivity contribution in [1.29, 1.82) is 0 Å². The third-order valence-electron chi connectivity index (χ3n) is 18.4. The molecule has 604 valence electrons. The number of Topliss-reactive ketones (excluding diaryl/α,β-unsaturated/α-hetero) is 3. The Morgan fingerprint density at radius 1 is 0.444 bits per heavy atom. The Bertz CT molecular complexity index is 5820. The lowest BCUT2D eigenvalue weighted by molar-refractivity contribution is -0.138. The normalized spacial score (nSPS) is 13.4. The van der Waals surface area contributed by atoms with Gasteiger partial charge < -0.3 is 39.0 Å². The largest absolute Gasteiger partial charge is 0.444 e. The van der Waals surface area contributed by atoms with Crippen molar-refractivity contribution >= 4 is 73.8 Å². The van der Waals surface area contributed by atoms with Gasteiger partial charge in [-0.3, -0.25) is 19.2 Å². The molecule has 0 spiro atoms. The molecule has 3 aliphatic heterocycles. The SMILES string of the molecule is CC(C)(C)OC(=O)N1CCc2c(Cl)ncnc2C1.CC(C)(C)OC(=O)N1CCc2c(ncnc2Oc2ccc3c(C(=O)Cc4cccc(C(F)(F)F)c4)cccc3n2)C1.O=C(Cc1cccc(C(F)(F)F)c1)c1cccc2[nH]c(=O)ccc12.O=C(Cc1cccc(C(F)(F)F)c1)c1cccc2nc(Oc3ncnc4c3CCNC4)ccc12. The number of fused-ring (bicyclic) bond motifs is 6. The number of alkyl halides is 9. The van der Waals surface area contributed by atoms with Gasteiger partial charge in [0.05, 0.1) is 57.9 Å². The molecule has 0 radical (unpaired) electrons. The molecule has 2 N–H and O–H groups in total. The summed E-state index contributed by atoms with van der Waals surface area (Å²) in [6.45, 7) is 14.1. The summed E-state index contributed by atoms with van der Waals surface area (Å²) in [6, 6.07) is 38.8. The van der Waals surface area contributed by atoms with E-state index in [4.69, 9.17) is 30.5 Å². The van der Waals surface area contributed by atoms with E-state index < -0.39 is 52.5 Å². The van der Waals surface area contributed by atoms with E-state index in [1.165, 1.54) is 67.5 Å². The van der Waals surface area contributed by atoms with Crippen molar-refractivity contribution in [3.63, 3.8) is 0 Å². The molecule has 12 aromatic rings. The highest BCUT2D eigenvalue weighted by atomic mass is 35.5. The molecule has 117 heavy (non-hydrogen) atoms. The average Bonchev–Trinajstić information content (AvgIpc) is 0.820. The number of carbonyl (C=O) groups is 5. The summed E-state index contributed by atoms with van der Waals surface area (Å²) in [6.07, 6.45) is -8.52. The minimum Gasteiger partial charge on any atom is -0.444 e. The highest BCUT2D eigenvalue weighted by Crippen LogP contribution is 2.36. The number of amides is 2. The molecule has 32 heteroatoms. The molecule has 22 nitrogen and oxygen atoms in total. The van der Waals surface area contributed by atoms with Gasteiger partial charge >= 0.3 is 30.7 Å². The molecule has 0 saturated carbocycles. The van der Waals surface area contributed by atoms with Crippen molar-refractivity contribution in [1.82, 2.24) is 60.0 Å². The van der Waals surface area contributed by atoms with Crippen LogP contribution in [-0.4, -0.2) is 115 Å². The maximum atomic E-state index is 13.1. The van der Waals surface area contributed by atoms with E-state index in [9.17, 15) is 68.3 Å². The lowest BCUT2D eigenvalue weighted by Gasteiger charge is -2.30. The Labute approximate surface area is 667 Å². The number of rotatable bonds is 13. The topological polar surface area (TPSA) is 277 Å². The van der Waals surface area contributed by atoms with Crippen molar-refractivity contribution in [2.75, 3.05) is 19.6 Å². The van der Waals surface area contributed by atoms with E-state index >= 15 is 0 Å². The fraction of sp³-hybridized carbons (Fsp3) is 0.271. The standard InChI is InChI=1S/C30H27F3N4O4.C25H19F3N4O2.C18H12F3NO2.C12H16ClN3O2/c1-29(2,3)41-28(39)37-13-12-22-24(16-37)34-17-35-27(22)40-26-11-10-20-21(8-5-9-23(20)36-26)25(38)15-18-6-4-7-19(14-18)30(31,32)33;26-25(27,28)16-4-1-3-15(11-16)12-22(33)18-5-2-6-20-17(18)7-8-23(32-20)34-24-19-9-10-29-13-21(19)30-14-31-24;19-18(20,21)12-4-1-3-11(9-12)10-16(23)14-5-2-6-15-13(14)7-8-17(24)22-15;1-12(2,3)18-11(17)16-5-4-8-9(6-16)14-7-15-10(8)13/h4-11,14,17H,12-13,15-16H2,1-3H3;1-8,11,14,29H,9-10,12-13H2;1-9H,10H2,(H,22,24);7H,4-6H2,1-3H3. The number of hydrogen-bond donors (Lipinski definition) is 2. The predicted molar refractivity (Wildman–Crippen MR) is 414 cm³/mol. The number of benzene rings is 6. The second kappa shape index (κ2) is 35.2. The van der Waals surface area contributed by atoms with Crippen LogP contribution >= 0.6 is 11.6 Å². The fourth-order valence-electron chi connectivity index (χ4n) is 12.9. The summed E-state index contributed by atoms with van der Waals surface area (Å²) in [5.41, 5.74) is 4.72. The molecule has 0 aliphatic carbocycles. The van der Waals surface area contributed by atoms with Gasteiger partial charge in [0.25, 0.3) is 0 Å². The van der Waals surface area contributed by atoms with Gasteiger partial charge in [-0.15, -0.1) is 0 Å². The molecule has 0 saturated heterocycles. The average molecular weight is 1630 g/mol. The Kier molecular flexibility index (Phi) is 25.2. The first-order valence-electron chi connectivity index (χ1n) is 36.6. The first kappa shape index (κ1) is 83.8. The van der Waals surface area contributed by atoms with Gasteiger partial charge in [-0.25, -0.2) is 49.5 Å². The van der Waals surface area contributed by atoms with Crippen LogP contribution in [0.2, 0.25) is 5.15 Å². The number of hydrogen-bond acceptors (Lipinski definition) is 19. The number of nitrogens with one attached hydrogen (secondary N) is 2. The molecule has 0 unspecified atom stereocenters. The second-order valence-electron chi connectivity index (χ2n) is 29.3. The van der Waals surface area contributed by atoms with E-state index in [1.807, 2.05) is 41.5 Å². The van der Waals surface area contributed by atoms with Crippen LogP contribution in [0.25, 0.3) is 32.7 Å². The number of aromatic amines is 1. The number of carbonyl (C=O) groups excluding carboxylic acids is 5. The van der Waals surface area contributed by atoms with E-state index in [0.29, 0.717) is 122 Å². The van der Waals surface area contributed by atoms with Crippen LogP contribution in [0.3, 0.4) is 0 Å². The number of H-pyrrole nitrogens is 1. The van der Waals surface area contributed by atoms with Gasteiger partial charge in [0.15, 0.2) is 17.3 Å². The van der Waals surface area contributed by atoms with Gasteiger partial charge in [0.2, 0.25) is 29.1 Å². The smallest absolute Gasteiger partial charge is 0.416 e. The van der Waals surface area contributed by atoms with E-state index in [-0.39, 0.29) is 71.8 Å². The zero-order valence-electron chi connectivity index (χ0n) is 63.6. The van der Waals surface area contributed by atoms with Crippen LogP contribution in [0.5, 0.6) is 23.5 Å². The number of ketones is 3. The van der Waals surface area contributed by atoms with Crippen LogP contribution in [0.1, 0.15) is 140 Å². The van der Waals surface area contributed by atoms with E-state index in [0.717, 1.165) is 77.4 Å². The molecule has 15 rings (SSSR count). The Morgan fingerprint density at radius 2 is 0.838 bits per heavy atom. The Morgan fingerprint density at radius 3 is 1.29 bits per heavy atom. The molecule has 9 heterocycles. The molecular weight excluding hydrogens is 1560 g/mol. The van der Waals surface area contributed by atoms with Crippen molar-refractivity contribution < 1.29 is 82.4 Å². The molecule has 0 fully saturated rings. The third kappa shape index (κ3) is 21.7. The maximum Gasteiger partial charge on any atom is 0.416 e. The van der Waals surface area contributed by atoms with E-state index in [1.54, 1.807) is 88.7 Å². The Balaban J connectivity index is 0.000000150. The number of nitrogens with zero attached hydrogens (tertiary/aromatic N) is 10. The van der Waals surface area contributed by atoms with Gasteiger partial charge in [-0.1, -0.05) is 103 Å². The number of halogens is 10. The summed E-state index contributed by atoms with van der Waals surface area (Å²) in [7, 11) is 0. The minimum atomic E-state index is -4.49. The van der Waals surface area contributed by atoms with Gasteiger partial charge in [-0.05, 0) is 139 Å². The van der Waals surface area contributed by atoms with Crippen LogP contribution in [0, 0.1) is 0 Å². The van der Waals surface area contributed by atoms with Crippen molar-refractivity contribution in [3.8, 4) is 23.5 Å². The Hall–Kier alpha value is -12.6. The first-order chi connectivity index (χ1) is 55.5. The van der Waals surface area contributed by atoms with Gasteiger partial charge in [0.1, 0.15) is 35.3 Å². The number of pyridine rings is 3. The molecule has 3 aliphatic rings. The molecule has 6 aromatic carbocycles. The van der Waals surface area contributed by atoms with Crippen molar-refractivity contribution in [2.45, 2.75) is 129 Å².